The van der Waals surface area contributed by atoms with Gasteiger partial charge in [-0.1, -0.05) is 46.3 Å². The number of hydrogen-bond acceptors (Lipinski definition) is 2. The van der Waals surface area contributed by atoms with Crippen LogP contribution in [0.1, 0.15) is 40.0 Å². The molecule has 0 saturated heterocycles. The van der Waals surface area contributed by atoms with E-state index in [1.165, 1.54) is 0 Å². The largest absolute Gasteiger partial charge is 0.388 e. The molecule has 0 aliphatic heterocycles. The van der Waals surface area contributed by atoms with Crippen molar-refractivity contribution in [2.24, 2.45) is 5.92 Å². The van der Waals surface area contributed by atoms with Crippen LogP contribution in [0.4, 0.5) is 0 Å². The normalized spacial score (nSPS) is 11.5. The van der Waals surface area contributed by atoms with Crippen LogP contribution in [0.5, 0.6) is 0 Å². The average Bonchev–Trinajstić information content (AvgIpc) is 2.30. The molecule has 1 amide bonds. The number of allylic oxidation sites excluding steroid dienone is 1. The number of nitrogens with one attached hydrogen (secondary N) is 2. The van der Waals surface area contributed by atoms with E-state index in [4.69, 9.17) is 0 Å². The zero-order chi connectivity index (χ0) is 13.3. The molecule has 0 aromatic rings. The summed E-state index contributed by atoms with van der Waals surface area (Å²) >= 11 is 0. The topological polar surface area (TPSA) is 41.1 Å². The van der Waals surface area contributed by atoms with E-state index in [0.29, 0.717) is 17.2 Å². The van der Waals surface area contributed by atoms with Crippen molar-refractivity contribution in [1.29, 1.82) is 0 Å². The lowest BCUT2D eigenvalue weighted by molar-refractivity contribution is -0.117. The van der Waals surface area contributed by atoms with Crippen LogP contribution < -0.4 is 10.6 Å². The molecule has 0 atom stereocenters. The quantitative estimate of drug-likeness (QED) is 0.388. The van der Waals surface area contributed by atoms with Gasteiger partial charge in [0.15, 0.2) is 0 Å². The average molecular weight is 238 g/mol. The molecule has 0 unspecified atom stereocenters. The lowest BCUT2D eigenvalue weighted by Crippen LogP contribution is -2.29. The first-order valence-electron chi connectivity index (χ1n) is 6.40. The Balaban J connectivity index is 4.40. The minimum absolute atomic E-state index is 0.0332. The van der Waals surface area contributed by atoms with Crippen LogP contribution in [0.15, 0.2) is 23.9 Å². The van der Waals surface area contributed by atoms with Crippen molar-refractivity contribution in [2.45, 2.75) is 40.0 Å². The maximum absolute atomic E-state index is 12.0. The predicted molar refractivity (Wildman–Crippen MR) is 73.7 cm³/mol. The minimum atomic E-state index is -0.0332. The smallest absolute Gasteiger partial charge is 0.253 e. The molecule has 0 bridgehead atoms. The minimum Gasteiger partial charge on any atom is -0.388 e. The second-order valence-electron chi connectivity index (χ2n) is 4.52. The van der Waals surface area contributed by atoms with Crippen LogP contribution in [-0.4, -0.2) is 19.5 Å². The molecule has 3 heteroatoms. The summed E-state index contributed by atoms with van der Waals surface area (Å²) < 4.78 is 0. The van der Waals surface area contributed by atoms with Crippen molar-refractivity contribution in [3.8, 4) is 0 Å². The highest BCUT2D eigenvalue weighted by atomic mass is 16.1. The van der Waals surface area contributed by atoms with E-state index < -0.39 is 0 Å². The van der Waals surface area contributed by atoms with Crippen molar-refractivity contribution >= 4 is 5.91 Å². The van der Waals surface area contributed by atoms with Gasteiger partial charge in [0.1, 0.15) is 0 Å². The van der Waals surface area contributed by atoms with Crippen molar-refractivity contribution in [3.63, 3.8) is 0 Å². The van der Waals surface area contributed by atoms with Gasteiger partial charge in [0.2, 0.25) is 0 Å². The molecule has 0 fully saturated rings. The maximum Gasteiger partial charge on any atom is 0.253 e. The SMILES string of the molecule is C=C(NC)/C(=C\C(C)C)C(=O)NCCCCC. The van der Waals surface area contributed by atoms with Gasteiger partial charge in [-0.15, -0.1) is 0 Å². The number of carbonyl (C=O) groups excluding carboxylic acids is 1. The predicted octanol–water partition coefficient (Wildman–Crippen LogP) is 2.61. The molecule has 2 N–H and O–H groups in total. The van der Waals surface area contributed by atoms with Gasteiger partial charge in [0.05, 0.1) is 5.57 Å². The molecular formula is C14H26N2O. The van der Waals surface area contributed by atoms with Crippen molar-refractivity contribution in [1.82, 2.24) is 10.6 Å². The van der Waals surface area contributed by atoms with Gasteiger partial charge in [0, 0.05) is 19.3 Å². The molecule has 3 nitrogen and oxygen atoms in total. The molecule has 98 valence electrons. The first kappa shape index (κ1) is 15.8. The number of rotatable bonds is 8. The van der Waals surface area contributed by atoms with Crippen molar-refractivity contribution < 1.29 is 4.79 Å². The lowest BCUT2D eigenvalue weighted by Gasteiger charge is -2.12. The van der Waals surface area contributed by atoms with E-state index in [1.54, 1.807) is 7.05 Å². The third-order valence-corrected chi connectivity index (χ3v) is 2.44. The number of unbranched alkanes of at least 4 members (excludes halogenated alkanes) is 2. The summed E-state index contributed by atoms with van der Waals surface area (Å²) in [7, 11) is 1.78. The van der Waals surface area contributed by atoms with E-state index in [2.05, 4.69) is 24.1 Å². The number of carbonyl (C=O) groups is 1. The Kier molecular flexibility index (Phi) is 8.20. The van der Waals surface area contributed by atoms with Gasteiger partial charge in [0.25, 0.3) is 5.91 Å². The molecule has 0 aromatic carbocycles. The van der Waals surface area contributed by atoms with Crippen LogP contribution in [-0.2, 0) is 4.79 Å². The van der Waals surface area contributed by atoms with E-state index in [-0.39, 0.29) is 5.91 Å². The van der Waals surface area contributed by atoms with Crippen LogP contribution >= 0.6 is 0 Å². The number of amides is 1. The fourth-order valence-corrected chi connectivity index (χ4v) is 1.45. The molecular weight excluding hydrogens is 212 g/mol. The highest BCUT2D eigenvalue weighted by Gasteiger charge is 2.11. The first-order chi connectivity index (χ1) is 8.02. The van der Waals surface area contributed by atoms with Crippen molar-refractivity contribution in [2.75, 3.05) is 13.6 Å². The summed E-state index contributed by atoms with van der Waals surface area (Å²) in [5, 5.41) is 5.86. The zero-order valence-corrected chi connectivity index (χ0v) is 11.6. The summed E-state index contributed by atoms with van der Waals surface area (Å²) in [6.45, 7) is 10.8. The van der Waals surface area contributed by atoms with Crippen LogP contribution in [0.2, 0.25) is 0 Å². The fourth-order valence-electron chi connectivity index (χ4n) is 1.45. The number of likely N-dealkylation sites (N-methyl/N-ethyl adjacent to an activating group) is 1. The molecule has 0 saturated carbocycles. The standard InChI is InChI=1S/C14H26N2O/c1-6-7-8-9-16-14(17)13(10-11(2)3)12(4)15-5/h10-11,15H,4,6-9H2,1-3,5H3,(H,16,17)/b13-10+. The monoisotopic (exact) mass is 238 g/mol. The third kappa shape index (κ3) is 6.82. The van der Waals surface area contributed by atoms with E-state index in [1.807, 2.05) is 19.9 Å². The molecule has 0 radical (unpaired) electrons. The van der Waals surface area contributed by atoms with Gasteiger partial charge in [-0.05, 0) is 12.3 Å². The highest BCUT2D eigenvalue weighted by molar-refractivity contribution is 5.97. The Labute approximate surface area is 105 Å². The van der Waals surface area contributed by atoms with Gasteiger partial charge < -0.3 is 10.6 Å². The zero-order valence-electron chi connectivity index (χ0n) is 11.6. The first-order valence-corrected chi connectivity index (χ1v) is 6.40. The van der Waals surface area contributed by atoms with Gasteiger partial charge in [-0.25, -0.2) is 0 Å². The molecule has 0 aromatic heterocycles. The second-order valence-corrected chi connectivity index (χ2v) is 4.52. The lowest BCUT2D eigenvalue weighted by atomic mass is 10.1. The summed E-state index contributed by atoms with van der Waals surface area (Å²) in [4.78, 5) is 12.0. The van der Waals surface area contributed by atoms with Crippen LogP contribution in [0, 0.1) is 5.92 Å². The maximum atomic E-state index is 12.0. The Morgan fingerprint density at radius 2 is 2.00 bits per heavy atom. The molecule has 0 spiro atoms. The number of hydrogen-bond donors (Lipinski definition) is 2. The molecule has 0 rings (SSSR count). The van der Waals surface area contributed by atoms with Gasteiger partial charge in [-0.3, -0.25) is 4.79 Å². The Bertz CT molecular complexity index is 280. The van der Waals surface area contributed by atoms with Crippen LogP contribution in [0.25, 0.3) is 0 Å². The van der Waals surface area contributed by atoms with E-state index >= 15 is 0 Å². The molecule has 17 heavy (non-hydrogen) atoms. The van der Waals surface area contributed by atoms with Crippen LogP contribution in [0.3, 0.4) is 0 Å². The highest BCUT2D eigenvalue weighted by Crippen LogP contribution is 2.09. The van der Waals surface area contributed by atoms with E-state index in [9.17, 15) is 4.79 Å². The molecule has 0 heterocycles. The van der Waals surface area contributed by atoms with Gasteiger partial charge in [-0.2, -0.15) is 0 Å². The summed E-state index contributed by atoms with van der Waals surface area (Å²) in [5.41, 5.74) is 1.32. The fraction of sp³-hybridized carbons (Fsp3) is 0.643. The van der Waals surface area contributed by atoms with Gasteiger partial charge >= 0.3 is 0 Å². The Morgan fingerprint density at radius 3 is 2.47 bits per heavy atom. The molecule has 0 aliphatic carbocycles. The van der Waals surface area contributed by atoms with Crippen molar-refractivity contribution in [3.05, 3.63) is 23.9 Å². The van der Waals surface area contributed by atoms with E-state index in [0.717, 1.165) is 25.8 Å². The second kappa shape index (κ2) is 8.85. The summed E-state index contributed by atoms with van der Waals surface area (Å²) in [6, 6.07) is 0. The Hall–Kier alpha value is -1.25. The third-order valence-electron chi connectivity index (χ3n) is 2.44. The summed E-state index contributed by atoms with van der Waals surface area (Å²) in [6.07, 6.45) is 5.28. The summed E-state index contributed by atoms with van der Waals surface area (Å²) in [5.74, 6) is 0.297. The molecule has 0 aliphatic rings. The Morgan fingerprint density at radius 1 is 1.35 bits per heavy atom.